The molecule has 0 atom stereocenters. The summed E-state index contributed by atoms with van der Waals surface area (Å²) < 4.78 is 4.99. The van der Waals surface area contributed by atoms with Gasteiger partial charge in [-0.05, 0) is 12.1 Å². The van der Waals surface area contributed by atoms with Crippen molar-refractivity contribution in [1.82, 2.24) is 15.0 Å². The van der Waals surface area contributed by atoms with Crippen LogP contribution in [0.3, 0.4) is 0 Å². The predicted octanol–water partition coefficient (Wildman–Crippen LogP) is 2.25. The summed E-state index contributed by atoms with van der Waals surface area (Å²) in [5, 5.41) is 0. The van der Waals surface area contributed by atoms with Crippen molar-refractivity contribution in [3.63, 3.8) is 0 Å². The van der Waals surface area contributed by atoms with Gasteiger partial charge in [-0.2, -0.15) is 0 Å². The Morgan fingerprint density at radius 2 is 2.24 bits per heavy atom. The van der Waals surface area contributed by atoms with Gasteiger partial charge in [-0.15, -0.1) is 11.6 Å². The van der Waals surface area contributed by atoms with Crippen LogP contribution in [-0.4, -0.2) is 15.0 Å². The van der Waals surface area contributed by atoms with E-state index >= 15 is 0 Å². The van der Waals surface area contributed by atoms with Crippen molar-refractivity contribution in [3.8, 4) is 11.3 Å². The molecule has 0 aliphatic rings. The van der Waals surface area contributed by atoms with Gasteiger partial charge in [-0.1, -0.05) is 6.07 Å². The summed E-state index contributed by atoms with van der Waals surface area (Å²) in [7, 11) is 0. The molecule has 86 valence electrons. The van der Waals surface area contributed by atoms with Crippen molar-refractivity contribution >= 4 is 22.7 Å². The molecule has 0 saturated carbocycles. The van der Waals surface area contributed by atoms with E-state index in [1.54, 1.807) is 18.3 Å². The minimum Gasteiger partial charge on any atom is -0.408 e. The number of rotatable bonds is 2. The molecule has 2 heterocycles. The molecular formula is C11H8ClN3O2. The lowest BCUT2D eigenvalue weighted by molar-refractivity contribution is 0.555. The Balaban J connectivity index is 2.13. The number of hydrogen-bond acceptors (Lipinski definition) is 3. The summed E-state index contributed by atoms with van der Waals surface area (Å²) in [6, 6.07) is 5.44. The monoisotopic (exact) mass is 249 g/mol. The van der Waals surface area contributed by atoms with Gasteiger partial charge in [0.25, 0.3) is 0 Å². The minimum absolute atomic E-state index is 0.335. The number of hydrogen-bond donors (Lipinski definition) is 2. The molecule has 0 spiro atoms. The molecule has 6 heteroatoms. The third-order valence-corrected chi connectivity index (χ3v) is 2.74. The van der Waals surface area contributed by atoms with Crippen molar-refractivity contribution in [1.29, 1.82) is 0 Å². The topological polar surface area (TPSA) is 74.7 Å². The van der Waals surface area contributed by atoms with Gasteiger partial charge >= 0.3 is 5.76 Å². The molecule has 2 N–H and O–H groups in total. The van der Waals surface area contributed by atoms with Crippen LogP contribution in [0.5, 0.6) is 0 Å². The van der Waals surface area contributed by atoms with Crippen molar-refractivity contribution in [2.24, 2.45) is 0 Å². The number of nitrogens with zero attached hydrogens (tertiary/aromatic N) is 1. The average Bonchev–Trinajstić information content (AvgIpc) is 2.92. The Kier molecular flexibility index (Phi) is 2.26. The maximum Gasteiger partial charge on any atom is 0.417 e. The molecule has 0 unspecified atom stereocenters. The summed E-state index contributed by atoms with van der Waals surface area (Å²) in [6.45, 7) is 0. The molecule has 0 fully saturated rings. The van der Waals surface area contributed by atoms with E-state index in [1.807, 2.05) is 6.07 Å². The molecular weight excluding hydrogens is 242 g/mol. The van der Waals surface area contributed by atoms with Gasteiger partial charge in [0.1, 0.15) is 5.82 Å². The summed E-state index contributed by atoms with van der Waals surface area (Å²) in [6.07, 6.45) is 1.70. The Bertz CT molecular complexity index is 725. The number of oxazole rings is 1. The zero-order valence-electron chi connectivity index (χ0n) is 8.66. The van der Waals surface area contributed by atoms with E-state index in [-0.39, 0.29) is 0 Å². The number of halogens is 1. The number of aromatic amines is 2. The molecule has 0 saturated heterocycles. The summed E-state index contributed by atoms with van der Waals surface area (Å²) in [4.78, 5) is 20.8. The van der Waals surface area contributed by atoms with Gasteiger partial charge in [-0.25, -0.2) is 9.78 Å². The van der Waals surface area contributed by atoms with Gasteiger partial charge in [0.15, 0.2) is 5.58 Å². The van der Waals surface area contributed by atoms with Gasteiger partial charge in [0.05, 0.1) is 23.3 Å². The Hall–Kier alpha value is -2.01. The molecule has 3 rings (SSSR count). The molecule has 0 aliphatic heterocycles. The highest BCUT2D eigenvalue weighted by Crippen LogP contribution is 2.21. The minimum atomic E-state index is -0.455. The maximum absolute atomic E-state index is 11.0. The van der Waals surface area contributed by atoms with E-state index in [2.05, 4.69) is 15.0 Å². The van der Waals surface area contributed by atoms with Crippen molar-refractivity contribution in [2.75, 3.05) is 0 Å². The molecule has 5 nitrogen and oxygen atoms in total. The average molecular weight is 250 g/mol. The summed E-state index contributed by atoms with van der Waals surface area (Å²) in [5.41, 5.74) is 2.93. The van der Waals surface area contributed by atoms with Crippen LogP contribution in [0.4, 0.5) is 0 Å². The lowest BCUT2D eigenvalue weighted by Crippen LogP contribution is -1.92. The van der Waals surface area contributed by atoms with Crippen molar-refractivity contribution in [3.05, 3.63) is 40.8 Å². The Morgan fingerprint density at radius 1 is 1.35 bits per heavy atom. The van der Waals surface area contributed by atoms with Gasteiger partial charge < -0.3 is 9.40 Å². The fourth-order valence-electron chi connectivity index (χ4n) is 1.69. The Labute approximate surface area is 100 Å². The van der Waals surface area contributed by atoms with Crippen molar-refractivity contribution < 1.29 is 4.42 Å². The van der Waals surface area contributed by atoms with Crippen LogP contribution in [0.25, 0.3) is 22.4 Å². The zero-order chi connectivity index (χ0) is 11.8. The van der Waals surface area contributed by atoms with Crippen LogP contribution < -0.4 is 5.76 Å². The second-order valence-electron chi connectivity index (χ2n) is 3.60. The number of fused-ring (bicyclic) bond motifs is 1. The maximum atomic E-state index is 11.0. The highest BCUT2D eigenvalue weighted by atomic mass is 35.5. The van der Waals surface area contributed by atoms with E-state index in [0.717, 1.165) is 11.3 Å². The second-order valence-corrected chi connectivity index (χ2v) is 3.87. The summed E-state index contributed by atoms with van der Waals surface area (Å²) >= 11 is 5.67. The molecule has 0 radical (unpaired) electrons. The molecule has 2 aromatic heterocycles. The molecule has 0 bridgehead atoms. The fraction of sp³-hybridized carbons (Fsp3) is 0.0909. The third-order valence-electron chi connectivity index (χ3n) is 2.49. The van der Waals surface area contributed by atoms with Crippen LogP contribution in [0.2, 0.25) is 0 Å². The SMILES string of the molecule is O=c1[nH]c2ccc(-c3cnc(CCl)[nH]3)cc2o1. The number of H-pyrrole nitrogens is 2. The van der Waals surface area contributed by atoms with Gasteiger partial charge in [0, 0.05) is 5.56 Å². The number of nitrogens with one attached hydrogen (secondary N) is 2. The van der Waals surface area contributed by atoms with E-state index in [4.69, 9.17) is 16.0 Å². The van der Waals surface area contributed by atoms with Crippen LogP contribution in [0.1, 0.15) is 5.82 Å². The molecule has 17 heavy (non-hydrogen) atoms. The van der Waals surface area contributed by atoms with Gasteiger partial charge in [0.2, 0.25) is 0 Å². The quantitative estimate of drug-likeness (QED) is 0.684. The first-order chi connectivity index (χ1) is 8.26. The zero-order valence-corrected chi connectivity index (χ0v) is 9.41. The van der Waals surface area contributed by atoms with Crippen molar-refractivity contribution in [2.45, 2.75) is 5.88 Å². The fourth-order valence-corrected chi connectivity index (χ4v) is 1.83. The standard InChI is InChI=1S/C11H8ClN3O2/c12-4-10-13-5-8(14-10)6-1-2-7-9(3-6)17-11(16)15-7/h1-3,5H,4H2,(H,13,14)(H,15,16). The predicted molar refractivity (Wildman–Crippen MR) is 64.0 cm³/mol. The highest BCUT2D eigenvalue weighted by Gasteiger charge is 2.06. The molecule has 0 amide bonds. The van der Waals surface area contributed by atoms with E-state index in [1.165, 1.54) is 0 Å². The first-order valence-corrected chi connectivity index (χ1v) is 5.53. The van der Waals surface area contributed by atoms with Gasteiger partial charge in [-0.3, -0.25) is 4.98 Å². The molecule has 1 aromatic carbocycles. The van der Waals surface area contributed by atoms with E-state index in [9.17, 15) is 4.79 Å². The molecule has 3 aromatic rings. The number of alkyl halides is 1. The van der Waals surface area contributed by atoms with Crippen LogP contribution in [0, 0.1) is 0 Å². The molecule has 0 aliphatic carbocycles. The Morgan fingerprint density at radius 3 is 3.00 bits per heavy atom. The number of imidazole rings is 1. The first kappa shape index (κ1) is 10.2. The van der Waals surface area contributed by atoms with E-state index in [0.29, 0.717) is 22.8 Å². The first-order valence-electron chi connectivity index (χ1n) is 4.99. The van der Waals surface area contributed by atoms with Crippen LogP contribution in [0.15, 0.2) is 33.6 Å². The number of aromatic nitrogens is 3. The normalized spacial score (nSPS) is 11.1. The lowest BCUT2D eigenvalue weighted by atomic mass is 10.1. The smallest absolute Gasteiger partial charge is 0.408 e. The van der Waals surface area contributed by atoms with E-state index < -0.39 is 5.76 Å². The largest absolute Gasteiger partial charge is 0.417 e. The van der Waals surface area contributed by atoms with Crippen LogP contribution in [-0.2, 0) is 5.88 Å². The van der Waals surface area contributed by atoms with Crippen LogP contribution >= 0.6 is 11.6 Å². The highest BCUT2D eigenvalue weighted by molar-refractivity contribution is 6.16. The third kappa shape index (κ3) is 1.74. The number of benzene rings is 1. The second kappa shape index (κ2) is 3.78. The lowest BCUT2D eigenvalue weighted by Gasteiger charge is -1.96. The summed E-state index contributed by atoms with van der Waals surface area (Å²) in [5.74, 6) is 0.585.